The molecule has 1 aliphatic rings. The van der Waals surface area contributed by atoms with Crippen molar-refractivity contribution >= 4 is 23.2 Å². The quantitative estimate of drug-likeness (QED) is 0.660. The van der Waals surface area contributed by atoms with E-state index in [0.29, 0.717) is 18.1 Å². The first-order chi connectivity index (χ1) is 14.7. The number of carbonyl (C=O) groups is 1. The van der Waals surface area contributed by atoms with Crippen molar-refractivity contribution in [2.75, 3.05) is 30.4 Å². The van der Waals surface area contributed by atoms with E-state index in [0.717, 1.165) is 24.3 Å². The summed E-state index contributed by atoms with van der Waals surface area (Å²) in [4.78, 5) is 25.4. The van der Waals surface area contributed by atoms with Crippen molar-refractivity contribution in [1.82, 2.24) is 14.9 Å². The molecule has 30 heavy (non-hydrogen) atoms. The van der Waals surface area contributed by atoms with Crippen LogP contribution in [0.2, 0.25) is 0 Å². The number of hydrogen-bond donors (Lipinski definition) is 1. The van der Waals surface area contributed by atoms with E-state index in [2.05, 4.69) is 44.5 Å². The van der Waals surface area contributed by atoms with Gasteiger partial charge in [0.2, 0.25) is 5.95 Å². The van der Waals surface area contributed by atoms with Crippen molar-refractivity contribution in [1.29, 1.82) is 0 Å². The van der Waals surface area contributed by atoms with Crippen LogP contribution in [0.25, 0.3) is 0 Å². The molecule has 1 N–H and O–H groups in total. The van der Waals surface area contributed by atoms with Crippen LogP contribution < -0.4 is 10.2 Å². The molecular formula is C24H27N5O. The van der Waals surface area contributed by atoms with Gasteiger partial charge in [-0.05, 0) is 61.2 Å². The van der Waals surface area contributed by atoms with Crippen molar-refractivity contribution in [2.45, 2.75) is 25.8 Å². The maximum atomic E-state index is 12.9. The number of piperidine rings is 1. The lowest BCUT2D eigenvalue weighted by Crippen LogP contribution is -2.29. The fourth-order valence-electron chi connectivity index (χ4n) is 3.75. The van der Waals surface area contributed by atoms with Gasteiger partial charge in [-0.15, -0.1) is 0 Å². The molecule has 6 nitrogen and oxygen atoms in total. The lowest BCUT2D eigenvalue weighted by Gasteiger charge is -2.29. The highest BCUT2D eigenvalue weighted by Crippen LogP contribution is 2.21. The van der Waals surface area contributed by atoms with Gasteiger partial charge in [-0.1, -0.05) is 18.2 Å². The summed E-state index contributed by atoms with van der Waals surface area (Å²) in [5.74, 6) is 0.483. The number of benzene rings is 2. The van der Waals surface area contributed by atoms with Crippen LogP contribution in [0.5, 0.6) is 0 Å². The molecule has 0 aliphatic carbocycles. The Hall–Kier alpha value is -3.41. The molecule has 2 heterocycles. The maximum Gasteiger partial charge on any atom is 0.253 e. The Morgan fingerprint density at radius 2 is 1.73 bits per heavy atom. The molecule has 2 aromatic carbocycles. The molecule has 0 atom stereocenters. The van der Waals surface area contributed by atoms with Crippen LogP contribution in [0, 0.1) is 0 Å². The van der Waals surface area contributed by atoms with Crippen LogP contribution in [0.1, 0.15) is 35.2 Å². The molecule has 0 spiro atoms. The van der Waals surface area contributed by atoms with E-state index in [4.69, 9.17) is 0 Å². The van der Waals surface area contributed by atoms with Gasteiger partial charge in [-0.2, -0.15) is 0 Å². The minimum atomic E-state index is -0.0206. The molecule has 1 aromatic heterocycles. The average molecular weight is 402 g/mol. The third-order valence-electron chi connectivity index (χ3n) is 5.36. The Bertz CT molecular complexity index is 968. The number of anilines is 3. The average Bonchev–Trinajstić information content (AvgIpc) is 2.80. The highest BCUT2D eigenvalue weighted by Gasteiger charge is 2.14. The van der Waals surface area contributed by atoms with Crippen LogP contribution in [-0.4, -0.2) is 40.9 Å². The number of carbonyl (C=O) groups excluding carboxylic acids is 1. The highest BCUT2D eigenvalue weighted by molar-refractivity contribution is 5.95. The number of amides is 1. The van der Waals surface area contributed by atoms with Crippen LogP contribution in [0.15, 0.2) is 67.0 Å². The number of hydrogen-bond acceptors (Lipinski definition) is 5. The zero-order valence-electron chi connectivity index (χ0n) is 17.3. The largest absolute Gasteiger partial charge is 0.372 e. The second-order valence-corrected chi connectivity index (χ2v) is 7.65. The minimum Gasteiger partial charge on any atom is -0.372 e. The van der Waals surface area contributed by atoms with E-state index >= 15 is 0 Å². The Balaban J connectivity index is 1.39. The minimum absolute atomic E-state index is 0.0206. The number of aromatic nitrogens is 2. The molecule has 0 bridgehead atoms. The van der Waals surface area contributed by atoms with E-state index in [-0.39, 0.29) is 5.91 Å². The Kier molecular flexibility index (Phi) is 6.23. The summed E-state index contributed by atoms with van der Waals surface area (Å²) in [6, 6.07) is 17.8. The number of rotatable bonds is 6. The molecule has 6 heteroatoms. The Morgan fingerprint density at radius 3 is 2.47 bits per heavy atom. The van der Waals surface area contributed by atoms with Crippen molar-refractivity contribution in [3.05, 3.63) is 78.1 Å². The Labute approximate surface area is 177 Å². The summed E-state index contributed by atoms with van der Waals surface area (Å²) in [6.45, 7) is 2.84. The van der Waals surface area contributed by atoms with Gasteiger partial charge < -0.3 is 15.1 Å². The van der Waals surface area contributed by atoms with Crippen LogP contribution >= 0.6 is 0 Å². The lowest BCUT2D eigenvalue weighted by molar-refractivity contribution is 0.0785. The van der Waals surface area contributed by atoms with Crippen LogP contribution in [0.4, 0.5) is 17.3 Å². The molecule has 0 saturated carbocycles. The Morgan fingerprint density at radius 1 is 1.00 bits per heavy atom. The van der Waals surface area contributed by atoms with E-state index < -0.39 is 0 Å². The number of nitrogens with one attached hydrogen (secondary N) is 1. The number of nitrogens with zero attached hydrogens (tertiary/aromatic N) is 4. The second kappa shape index (κ2) is 9.39. The van der Waals surface area contributed by atoms with E-state index in [1.807, 2.05) is 31.3 Å². The summed E-state index contributed by atoms with van der Waals surface area (Å²) in [5, 5.41) is 3.13. The summed E-state index contributed by atoms with van der Waals surface area (Å²) in [5.41, 5.74) is 3.81. The van der Waals surface area contributed by atoms with Gasteiger partial charge >= 0.3 is 0 Å². The predicted molar refractivity (Wildman–Crippen MR) is 120 cm³/mol. The summed E-state index contributed by atoms with van der Waals surface area (Å²) in [6.07, 6.45) is 7.21. The predicted octanol–water partition coefficient (Wildman–Crippen LogP) is 4.48. The zero-order valence-corrected chi connectivity index (χ0v) is 17.3. The molecule has 1 amide bonds. The van der Waals surface area contributed by atoms with Crippen LogP contribution in [0.3, 0.4) is 0 Å². The smallest absolute Gasteiger partial charge is 0.253 e. The SMILES string of the molecule is CN(Cc1ccc(N2CCCCC2)cc1)C(=O)c1cccc(Nc2ncccn2)c1. The first-order valence-electron chi connectivity index (χ1n) is 10.4. The summed E-state index contributed by atoms with van der Waals surface area (Å²) in [7, 11) is 1.83. The maximum absolute atomic E-state index is 12.9. The van der Waals surface area contributed by atoms with Crippen LogP contribution in [-0.2, 0) is 6.54 Å². The molecule has 0 unspecified atom stereocenters. The molecule has 1 saturated heterocycles. The van der Waals surface area contributed by atoms with Gasteiger partial charge in [-0.25, -0.2) is 9.97 Å². The standard InChI is InChI=1S/C24H27N5O/c1-28(18-19-9-11-22(12-10-19)29-15-3-2-4-16-29)23(30)20-7-5-8-21(17-20)27-24-25-13-6-14-26-24/h5-14,17H,2-4,15-16,18H2,1H3,(H,25,26,27). The third-order valence-corrected chi connectivity index (χ3v) is 5.36. The molecular weight excluding hydrogens is 374 g/mol. The topological polar surface area (TPSA) is 61.4 Å². The fourth-order valence-corrected chi connectivity index (χ4v) is 3.75. The normalized spacial score (nSPS) is 13.7. The van der Waals surface area contributed by atoms with Gasteiger partial charge in [0.25, 0.3) is 5.91 Å². The molecule has 1 fully saturated rings. The van der Waals surface area contributed by atoms with E-state index in [1.54, 1.807) is 23.4 Å². The van der Waals surface area contributed by atoms with Gasteiger partial charge in [0.1, 0.15) is 0 Å². The monoisotopic (exact) mass is 401 g/mol. The van der Waals surface area contributed by atoms with Gasteiger partial charge in [0.15, 0.2) is 0 Å². The van der Waals surface area contributed by atoms with Crippen molar-refractivity contribution in [2.24, 2.45) is 0 Å². The summed E-state index contributed by atoms with van der Waals surface area (Å²) >= 11 is 0. The highest BCUT2D eigenvalue weighted by atomic mass is 16.2. The second-order valence-electron chi connectivity index (χ2n) is 7.65. The van der Waals surface area contributed by atoms with Gasteiger partial charge in [0, 0.05) is 56.0 Å². The van der Waals surface area contributed by atoms with E-state index in [9.17, 15) is 4.79 Å². The molecule has 4 rings (SSSR count). The van der Waals surface area contributed by atoms with Crippen molar-refractivity contribution in [3.8, 4) is 0 Å². The lowest BCUT2D eigenvalue weighted by atomic mass is 10.1. The molecule has 1 aliphatic heterocycles. The first kappa shape index (κ1) is 19.9. The molecule has 3 aromatic rings. The van der Waals surface area contributed by atoms with Crippen molar-refractivity contribution in [3.63, 3.8) is 0 Å². The summed E-state index contributed by atoms with van der Waals surface area (Å²) < 4.78 is 0. The zero-order chi connectivity index (χ0) is 20.8. The fraction of sp³-hybridized carbons (Fsp3) is 0.292. The molecule has 0 radical (unpaired) electrons. The van der Waals surface area contributed by atoms with Gasteiger partial charge in [0.05, 0.1) is 0 Å². The van der Waals surface area contributed by atoms with E-state index in [1.165, 1.54) is 24.9 Å². The first-order valence-corrected chi connectivity index (χ1v) is 10.4. The third kappa shape index (κ3) is 4.95. The molecule has 154 valence electrons. The van der Waals surface area contributed by atoms with Gasteiger partial charge in [-0.3, -0.25) is 4.79 Å². The van der Waals surface area contributed by atoms with Crippen molar-refractivity contribution < 1.29 is 4.79 Å².